The van der Waals surface area contributed by atoms with E-state index in [2.05, 4.69) is 63.9 Å². The van der Waals surface area contributed by atoms with E-state index in [4.69, 9.17) is 24.2 Å². The Balaban J connectivity index is 0.967. The first-order valence-corrected chi connectivity index (χ1v) is 21.6. The van der Waals surface area contributed by atoms with E-state index in [1.54, 1.807) is 4.90 Å². The van der Waals surface area contributed by atoms with Crippen LogP contribution in [0, 0.1) is 11.8 Å². The Morgan fingerprint density at radius 2 is 1.62 bits per heavy atom. The normalized spacial score (nSPS) is 20.2. The summed E-state index contributed by atoms with van der Waals surface area (Å²) in [7, 11) is 2.58. The number of ether oxygens (including phenoxy) is 3. The molecule has 9 rings (SSSR count). The highest BCUT2D eigenvalue weighted by atomic mass is 16.5. The molecule has 6 aromatic rings. The number of rotatable bonds is 9. The molecule has 3 aliphatic heterocycles. The number of carbonyl (C=O) groups excluding carboxylic acids is 4. The summed E-state index contributed by atoms with van der Waals surface area (Å²) in [5.74, 6) is 1.87. The van der Waals surface area contributed by atoms with E-state index >= 15 is 0 Å². The van der Waals surface area contributed by atoms with Gasteiger partial charge in [0.1, 0.15) is 36.1 Å². The molecule has 2 unspecified atom stereocenters. The van der Waals surface area contributed by atoms with E-state index in [0.717, 1.165) is 74.8 Å². The van der Waals surface area contributed by atoms with Crippen molar-refractivity contribution in [1.29, 1.82) is 0 Å². The minimum atomic E-state index is -0.907. The molecule has 15 heteroatoms. The average molecular weight is 853 g/mol. The van der Waals surface area contributed by atoms with Crippen LogP contribution in [0.25, 0.3) is 44.2 Å². The van der Waals surface area contributed by atoms with Crippen molar-refractivity contribution in [3.63, 3.8) is 0 Å². The quantitative estimate of drug-likeness (QED) is 0.112. The number of aromatic amines is 2. The number of nitrogens with zero attached hydrogens (tertiary/aromatic N) is 4. The van der Waals surface area contributed by atoms with E-state index < -0.39 is 24.3 Å². The van der Waals surface area contributed by atoms with Crippen molar-refractivity contribution in [2.75, 3.05) is 20.8 Å². The van der Waals surface area contributed by atoms with Gasteiger partial charge >= 0.3 is 12.2 Å². The molecule has 5 heterocycles. The molecule has 3 aliphatic rings. The highest BCUT2D eigenvalue weighted by molar-refractivity contribution is 6.07. The zero-order valence-corrected chi connectivity index (χ0v) is 36.2. The summed E-state index contributed by atoms with van der Waals surface area (Å²) in [4.78, 5) is 73.3. The molecule has 4 aromatic carbocycles. The predicted molar refractivity (Wildman–Crippen MR) is 236 cm³/mol. The minimum Gasteiger partial charge on any atom is -0.488 e. The van der Waals surface area contributed by atoms with Gasteiger partial charge in [-0.05, 0) is 89.9 Å². The first-order chi connectivity index (χ1) is 30.4. The SMILES string of the molecule is COC(=O)NC(C(=O)N1[C@@H](C)CC[C@H]1c1nc2c(ccc3cc4c(cc32)OCc2cc(-c3cnc(C5C[C@H](C)CN5C(=O)[C@H](NC(=O)OC)c5ccccc5)[nH]3)ccc2-4)[nH]1)C(C)C. The van der Waals surface area contributed by atoms with Crippen LogP contribution in [0.15, 0.2) is 79.0 Å². The number of H-pyrrole nitrogens is 2. The van der Waals surface area contributed by atoms with Gasteiger partial charge in [-0.1, -0.05) is 69.3 Å². The van der Waals surface area contributed by atoms with E-state index in [0.29, 0.717) is 30.4 Å². The van der Waals surface area contributed by atoms with Crippen molar-refractivity contribution >= 4 is 45.8 Å². The molecule has 0 spiro atoms. The number of nitrogens with one attached hydrogen (secondary N) is 4. The van der Waals surface area contributed by atoms with Crippen molar-refractivity contribution < 1.29 is 33.4 Å². The summed E-state index contributed by atoms with van der Waals surface area (Å²) in [5, 5.41) is 7.43. The van der Waals surface area contributed by atoms with Crippen molar-refractivity contribution in [3.05, 3.63) is 102 Å². The van der Waals surface area contributed by atoms with E-state index in [1.165, 1.54) is 14.2 Å². The molecule has 2 fully saturated rings. The number of likely N-dealkylation sites (tertiary alicyclic amines) is 2. The second-order valence-electron chi connectivity index (χ2n) is 17.4. The lowest BCUT2D eigenvalue weighted by molar-refractivity contribution is -0.137. The molecular weight excluding hydrogens is 801 g/mol. The van der Waals surface area contributed by atoms with Gasteiger partial charge in [0.25, 0.3) is 5.91 Å². The molecule has 63 heavy (non-hydrogen) atoms. The van der Waals surface area contributed by atoms with Crippen molar-refractivity contribution in [3.8, 4) is 28.1 Å². The molecule has 4 amide bonds. The van der Waals surface area contributed by atoms with Crippen LogP contribution in [0.5, 0.6) is 5.75 Å². The predicted octanol–water partition coefficient (Wildman–Crippen LogP) is 8.11. The number of methoxy groups -OCH3 is 2. The highest BCUT2D eigenvalue weighted by Gasteiger charge is 2.42. The summed E-state index contributed by atoms with van der Waals surface area (Å²) in [6, 6.07) is 21.6. The number of alkyl carbamates (subject to hydrolysis) is 2. The molecule has 326 valence electrons. The summed E-state index contributed by atoms with van der Waals surface area (Å²) in [6.45, 7) is 8.86. The van der Waals surface area contributed by atoms with Crippen LogP contribution in [0.4, 0.5) is 9.59 Å². The standard InChI is InChI=1S/C48H52N8O7/c1-25(2)40(53-47(59)61-5)46(58)56-27(4)12-17-37(56)44-50-35-16-14-29-20-34-32-15-13-30(19-31(32)24-63-39(34)21-33(29)42(35)52-44)36-22-49-43(51-36)38-18-26(3)23-55(38)45(57)41(54-48(60)62-6)28-10-8-7-9-11-28/h7-11,13-16,19-22,25-27,37-38,40-41H,12,17-18,23-24H2,1-6H3,(H,49,51)(H,50,52)(H,53,59)(H,54,60)/t26-,27-,37-,38?,40?,41+/m0/s1. The lowest BCUT2D eigenvalue weighted by Crippen LogP contribution is -2.52. The zero-order valence-electron chi connectivity index (χ0n) is 36.2. The van der Waals surface area contributed by atoms with Crippen molar-refractivity contribution in [2.45, 2.75) is 83.8 Å². The fourth-order valence-corrected chi connectivity index (χ4v) is 9.59. The second-order valence-corrected chi connectivity index (χ2v) is 17.4. The number of fused-ring (bicyclic) bond motifs is 6. The van der Waals surface area contributed by atoms with Gasteiger partial charge in [0.2, 0.25) is 5.91 Å². The smallest absolute Gasteiger partial charge is 0.407 e. The van der Waals surface area contributed by atoms with Gasteiger partial charge in [-0.15, -0.1) is 0 Å². The van der Waals surface area contributed by atoms with Crippen LogP contribution < -0.4 is 15.4 Å². The number of amides is 4. The molecule has 6 atom stereocenters. The molecule has 0 bridgehead atoms. The number of hydrogen-bond donors (Lipinski definition) is 4. The maximum Gasteiger partial charge on any atom is 0.407 e. The molecule has 0 aliphatic carbocycles. The Morgan fingerprint density at radius 3 is 2.38 bits per heavy atom. The Bertz CT molecular complexity index is 2730. The van der Waals surface area contributed by atoms with Crippen LogP contribution in [0.1, 0.15) is 87.9 Å². The van der Waals surface area contributed by atoms with Gasteiger partial charge in [-0.3, -0.25) is 9.59 Å². The van der Waals surface area contributed by atoms with Gasteiger partial charge in [-0.2, -0.15) is 0 Å². The van der Waals surface area contributed by atoms with E-state index in [1.807, 2.05) is 68.3 Å². The average Bonchev–Trinajstić information content (AvgIpc) is 4.12. The third-order valence-corrected chi connectivity index (χ3v) is 12.8. The molecule has 15 nitrogen and oxygen atoms in total. The fourth-order valence-electron chi connectivity index (χ4n) is 9.59. The summed E-state index contributed by atoms with van der Waals surface area (Å²) >= 11 is 0. The van der Waals surface area contributed by atoms with Crippen molar-refractivity contribution in [2.24, 2.45) is 11.8 Å². The molecule has 0 saturated carbocycles. The lowest BCUT2D eigenvalue weighted by Gasteiger charge is -2.32. The lowest BCUT2D eigenvalue weighted by atomic mass is 9.92. The van der Waals surface area contributed by atoms with Crippen LogP contribution in [-0.4, -0.2) is 86.6 Å². The van der Waals surface area contributed by atoms with Crippen molar-refractivity contribution in [1.82, 2.24) is 40.4 Å². The number of carbonyl (C=O) groups is 4. The molecule has 2 saturated heterocycles. The van der Waals surface area contributed by atoms with Gasteiger partial charge in [0.15, 0.2) is 0 Å². The largest absolute Gasteiger partial charge is 0.488 e. The number of imidazole rings is 2. The third-order valence-electron chi connectivity index (χ3n) is 12.8. The van der Waals surface area contributed by atoms with Gasteiger partial charge < -0.3 is 44.6 Å². The Morgan fingerprint density at radius 1 is 0.841 bits per heavy atom. The minimum absolute atomic E-state index is 0.0296. The van der Waals surface area contributed by atoms with Crippen LogP contribution >= 0.6 is 0 Å². The molecule has 4 N–H and O–H groups in total. The Hall–Kier alpha value is -6.90. The molecule has 0 radical (unpaired) electrons. The van der Waals surface area contributed by atoms with Crippen LogP contribution in [0.3, 0.4) is 0 Å². The first kappa shape index (κ1) is 41.5. The van der Waals surface area contributed by atoms with Gasteiger partial charge in [0.05, 0.1) is 49.2 Å². The summed E-state index contributed by atoms with van der Waals surface area (Å²) in [5.41, 5.74) is 7.20. The summed E-state index contributed by atoms with van der Waals surface area (Å²) < 4.78 is 16.1. The van der Waals surface area contributed by atoms with Gasteiger partial charge in [0, 0.05) is 23.5 Å². The summed E-state index contributed by atoms with van der Waals surface area (Å²) in [6.07, 6.45) is 2.77. The monoisotopic (exact) mass is 852 g/mol. The molecular formula is C48H52N8O7. The maximum atomic E-state index is 14.2. The fraction of sp³-hybridized carbons (Fsp3) is 0.375. The Kier molecular flexibility index (Phi) is 11.0. The van der Waals surface area contributed by atoms with Crippen LogP contribution in [-0.2, 0) is 25.7 Å². The first-order valence-electron chi connectivity index (χ1n) is 21.6. The molecule has 2 aromatic heterocycles. The highest BCUT2D eigenvalue weighted by Crippen LogP contribution is 2.44. The Labute approximate surface area is 364 Å². The van der Waals surface area contributed by atoms with Crippen LogP contribution in [0.2, 0.25) is 0 Å². The van der Waals surface area contributed by atoms with E-state index in [9.17, 15) is 19.2 Å². The maximum absolute atomic E-state index is 14.2. The van der Waals surface area contributed by atoms with E-state index in [-0.39, 0.29) is 41.8 Å². The van der Waals surface area contributed by atoms with Gasteiger partial charge in [-0.25, -0.2) is 19.6 Å². The number of aromatic nitrogens is 4. The topological polar surface area (TPSA) is 184 Å². The third kappa shape index (κ3) is 7.69. The number of benzene rings is 4. The number of hydrogen-bond acceptors (Lipinski definition) is 9. The second kappa shape index (κ2) is 16.8. The zero-order chi connectivity index (χ0) is 44.1.